The molecule has 0 saturated heterocycles. The van der Waals surface area contributed by atoms with Crippen LogP contribution in [-0.4, -0.2) is 43.3 Å². The maximum absolute atomic E-state index is 14.1. The van der Waals surface area contributed by atoms with Crippen molar-refractivity contribution in [2.24, 2.45) is 4.99 Å². The number of amides is 3. The van der Waals surface area contributed by atoms with Gasteiger partial charge in [0.2, 0.25) is 6.17 Å². The zero-order valence-corrected chi connectivity index (χ0v) is 23.0. The molecule has 1 aliphatic heterocycles. The number of urea groups is 1. The van der Waals surface area contributed by atoms with Gasteiger partial charge in [-0.15, -0.1) is 0 Å². The first-order valence-corrected chi connectivity index (χ1v) is 13.2. The highest BCUT2D eigenvalue weighted by Gasteiger charge is 2.34. The topological polar surface area (TPSA) is 100 Å². The Hall–Kier alpha value is -5.24. The van der Waals surface area contributed by atoms with Gasteiger partial charge in [0.05, 0.1) is 30.7 Å². The van der Waals surface area contributed by atoms with Crippen molar-refractivity contribution in [3.63, 3.8) is 0 Å². The highest BCUT2D eigenvalue weighted by Crippen LogP contribution is 2.29. The predicted octanol–water partition coefficient (Wildman–Crippen LogP) is 5.53. The Morgan fingerprint density at radius 1 is 0.902 bits per heavy atom. The molecule has 8 heteroatoms. The molecule has 4 aromatic carbocycles. The van der Waals surface area contributed by atoms with E-state index >= 15 is 0 Å². The Labute approximate surface area is 238 Å². The van der Waals surface area contributed by atoms with Crippen LogP contribution >= 0.6 is 0 Å². The number of aryl methyl sites for hydroxylation is 2. The molecule has 0 bridgehead atoms. The van der Waals surface area contributed by atoms with E-state index in [1.54, 1.807) is 30.3 Å². The standard InChI is InChI=1S/C33H30N4O4/c1-21-17-18-29(41-3)26(19-21)34-33(40)36-31-32(39)37(20-28(38)24-14-8-7-11-22(24)2)27-16-10-9-15-25(27)30(35-31)23-12-5-4-6-13-23/h4-19,31H,20H2,1-3H3,(H2,34,36,40)/t31-/m0/s1. The maximum atomic E-state index is 14.1. The van der Waals surface area contributed by atoms with Crippen molar-refractivity contribution in [3.05, 3.63) is 125 Å². The van der Waals surface area contributed by atoms with Crippen LogP contribution in [0.15, 0.2) is 102 Å². The minimum Gasteiger partial charge on any atom is -0.495 e. The number of para-hydroxylation sites is 1. The van der Waals surface area contributed by atoms with Crippen molar-refractivity contribution in [3.8, 4) is 5.75 Å². The lowest BCUT2D eigenvalue weighted by molar-refractivity contribution is -0.120. The van der Waals surface area contributed by atoms with Gasteiger partial charge in [0.1, 0.15) is 5.75 Å². The largest absolute Gasteiger partial charge is 0.495 e. The summed E-state index contributed by atoms with van der Waals surface area (Å²) in [5.74, 6) is -0.275. The monoisotopic (exact) mass is 546 g/mol. The van der Waals surface area contributed by atoms with Gasteiger partial charge < -0.3 is 20.3 Å². The third kappa shape index (κ3) is 5.86. The molecular formula is C33H30N4O4. The predicted molar refractivity (Wildman–Crippen MR) is 160 cm³/mol. The molecule has 41 heavy (non-hydrogen) atoms. The number of ether oxygens (including phenoxy) is 1. The summed E-state index contributed by atoms with van der Waals surface area (Å²) in [5.41, 5.74) is 5.23. The van der Waals surface area contributed by atoms with E-state index in [-0.39, 0.29) is 12.3 Å². The second-order valence-corrected chi connectivity index (χ2v) is 9.73. The molecule has 0 unspecified atom stereocenters. The van der Waals surface area contributed by atoms with Crippen LogP contribution in [0.4, 0.5) is 16.2 Å². The maximum Gasteiger partial charge on any atom is 0.321 e. The molecule has 206 valence electrons. The van der Waals surface area contributed by atoms with E-state index in [1.165, 1.54) is 12.0 Å². The van der Waals surface area contributed by atoms with Gasteiger partial charge in [-0.3, -0.25) is 9.59 Å². The SMILES string of the molecule is COc1ccc(C)cc1NC(=O)N[C@@H]1N=C(c2ccccc2)c2ccccc2N(CC(=O)c2ccccc2C)C1=O. The van der Waals surface area contributed by atoms with E-state index in [0.29, 0.717) is 34.0 Å². The second kappa shape index (κ2) is 11.9. The van der Waals surface area contributed by atoms with Crippen LogP contribution in [0.5, 0.6) is 5.75 Å². The molecule has 1 aliphatic rings. The number of nitrogens with zero attached hydrogens (tertiary/aromatic N) is 2. The first-order valence-electron chi connectivity index (χ1n) is 13.2. The molecule has 0 aliphatic carbocycles. The quantitative estimate of drug-likeness (QED) is 0.298. The molecule has 1 atom stereocenters. The number of anilines is 2. The van der Waals surface area contributed by atoms with Crippen LogP contribution in [0.3, 0.4) is 0 Å². The van der Waals surface area contributed by atoms with Gasteiger partial charge in [-0.1, -0.05) is 78.9 Å². The zero-order valence-electron chi connectivity index (χ0n) is 23.0. The molecule has 2 N–H and O–H groups in total. The molecule has 8 nitrogen and oxygen atoms in total. The van der Waals surface area contributed by atoms with Crippen molar-refractivity contribution in [2.45, 2.75) is 20.0 Å². The second-order valence-electron chi connectivity index (χ2n) is 9.73. The van der Waals surface area contributed by atoms with Crippen LogP contribution < -0.4 is 20.3 Å². The third-order valence-electron chi connectivity index (χ3n) is 6.87. The molecule has 4 aromatic rings. The number of ketones is 1. The lowest BCUT2D eigenvalue weighted by Gasteiger charge is -2.25. The number of methoxy groups -OCH3 is 1. The fourth-order valence-electron chi connectivity index (χ4n) is 4.83. The van der Waals surface area contributed by atoms with E-state index < -0.39 is 18.1 Å². The number of aliphatic imine (C=N–C) groups is 1. The smallest absolute Gasteiger partial charge is 0.321 e. The fourth-order valence-corrected chi connectivity index (χ4v) is 4.83. The number of carbonyl (C=O) groups excluding carboxylic acids is 3. The summed E-state index contributed by atoms with van der Waals surface area (Å²) in [7, 11) is 1.51. The number of rotatable bonds is 7. The minimum absolute atomic E-state index is 0.218. The van der Waals surface area contributed by atoms with Gasteiger partial charge >= 0.3 is 6.03 Å². The zero-order chi connectivity index (χ0) is 28.9. The number of benzodiazepines with no additional fused rings is 1. The number of hydrogen-bond acceptors (Lipinski definition) is 5. The van der Waals surface area contributed by atoms with Crippen LogP contribution in [0, 0.1) is 13.8 Å². The summed E-state index contributed by atoms with van der Waals surface area (Å²) < 4.78 is 5.38. The summed E-state index contributed by atoms with van der Waals surface area (Å²) >= 11 is 0. The van der Waals surface area contributed by atoms with Gasteiger partial charge in [0.15, 0.2) is 5.78 Å². The normalized spacial score (nSPS) is 14.4. The van der Waals surface area contributed by atoms with E-state index in [9.17, 15) is 14.4 Å². The highest BCUT2D eigenvalue weighted by molar-refractivity contribution is 6.21. The van der Waals surface area contributed by atoms with Gasteiger partial charge in [-0.2, -0.15) is 0 Å². The number of Topliss-reactive ketones (excluding diaryl/α,β-unsaturated/α-hetero) is 1. The number of carbonyl (C=O) groups is 3. The average Bonchev–Trinajstić information content (AvgIpc) is 3.08. The van der Waals surface area contributed by atoms with Crippen LogP contribution in [0.25, 0.3) is 0 Å². The van der Waals surface area contributed by atoms with E-state index in [2.05, 4.69) is 10.6 Å². The Morgan fingerprint density at radius 2 is 1.61 bits per heavy atom. The summed E-state index contributed by atoms with van der Waals surface area (Å²) in [6, 6.07) is 28.8. The van der Waals surface area contributed by atoms with Crippen molar-refractivity contribution in [2.75, 3.05) is 23.9 Å². The number of hydrogen-bond donors (Lipinski definition) is 2. The number of fused-ring (bicyclic) bond motifs is 1. The first kappa shape index (κ1) is 27.3. The van der Waals surface area contributed by atoms with E-state index in [0.717, 1.165) is 16.7 Å². The fraction of sp³-hybridized carbons (Fsp3) is 0.152. The minimum atomic E-state index is -1.31. The Bertz CT molecular complexity index is 1650. The summed E-state index contributed by atoms with van der Waals surface area (Å²) in [5, 5.41) is 5.49. The summed E-state index contributed by atoms with van der Waals surface area (Å²) in [4.78, 5) is 47.0. The molecule has 0 fully saturated rings. The Kier molecular flexibility index (Phi) is 7.92. The van der Waals surface area contributed by atoms with Crippen molar-refractivity contribution < 1.29 is 19.1 Å². The Balaban J connectivity index is 1.54. The lowest BCUT2D eigenvalue weighted by atomic mass is 9.99. The highest BCUT2D eigenvalue weighted by atomic mass is 16.5. The van der Waals surface area contributed by atoms with E-state index in [1.807, 2.05) is 80.6 Å². The number of benzene rings is 4. The van der Waals surface area contributed by atoms with E-state index in [4.69, 9.17) is 9.73 Å². The average molecular weight is 547 g/mol. The molecular weight excluding hydrogens is 516 g/mol. The van der Waals surface area contributed by atoms with Crippen molar-refractivity contribution in [1.82, 2.24) is 5.32 Å². The molecule has 1 heterocycles. The van der Waals surface area contributed by atoms with Crippen LogP contribution in [-0.2, 0) is 4.79 Å². The third-order valence-corrected chi connectivity index (χ3v) is 6.87. The summed E-state index contributed by atoms with van der Waals surface area (Å²) in [6.07, 6.45) is -1.31. The molecule has 0 spiro atoms. The van der Waals surface area contributed by atoms with Crippen LogP contribution in [0.1, 0.15) is 32.6 Å². The Morgan fingerprint density at radius 3 is 2.37 bits per heavy atom. The molecule has 5 rings (SSSR count). The van der Waals surface area contributed by atoms with Crippen LogP contribution in [0.2, 0.25) is 0 Å². The number of nitrogens with one attached hydrogen (secondary N) is 2. The molecule has 0 radical (unpaired) electrons. The summed E-state index contributed by atoms with van der Waals surface area (Å²) in [6.45, 7) is 3.54. The molecule has 3 amide bonds. The van der Waals surface area contributed by atoms with Gasteiger partial charge in [0.25, 0.3) is 5.91 Å². The van der Waals surface area contributed by atoms with Gasteiger partial charge in [-0.25, -0.2) is 9.79 Å². The lowest BCUT2D eigenvalue weighted by Crippen LogP contribution is -2.50. The molecule has 0 aromatic heterocycles. The van der Waals surface area contributed by atoms with Crippen molar-refractivity contribution in [1.29, 1.82) is 0 Å². The van der Waals surface area contributed by atoms with Gasteiger partial charge in [0, 0.05) is 16.7 Å². The van der Waals surface area contributed by atoms with Gasteiger partial charge in [-0.05, 0) is 43.2 Å². The molecule has 0 saturated carbocycles. The van der Waals surface area contributed by atoms with Crippen molar-refractivity contribution >= 4 is 34.8 Å². The first-order chi connectivity index (χ1) is 19.9.